The number of aromatic nitrogens is 2. The van der Waals surface area contributed by atoms with Gasteiger partial charge in [0.05, 0.1) is 12.7 Å². The Labute approximate surface area is 136 Å². The molecular formula is C16H22ClN5. The lowest BCUT2D eigenvalue weighted by atomic mass is 10.1. The van der Waals surface area contributed by atoms with E-state index in [9.17, 15) is 0 Å². The second kappa shape index (κ2) is 8.44. The summed E-state index contributed by atoms with van der Waals surface area (Å²) in [6.07, 6.45) is 4.66. The first-order valence-electron chi connectivity index (χ1n) is 7.42. The molecule has 0 aliphatic rings. The van der Waals surface area contributed by atoms with E-state index in [4.69, 9.17) is 11.6 Å². The molecule has 22 heavy (non-hydrogen) atoms. The highest BCUT2D eigenvalue weighted by Gasteiger charge is 2.01. The van der Waals surface area contributed by atoms with Crippen molar-refractivity contribution < 1.29 is 0 Å². The highest BCUT2D eigenvalue weighted by Crippen LogP contribution is 2.14. The van der Waals surface area contributed by atoms with E-state index in [1.54, 1.807) is 4.68 Å². The van der Waals surface area contributed by atoms with E-state index in [-0.39, 0.29) is 0 Å². The van der Waals surface area contributed by atoms with Crippen LogP contribution in [0.5, 0.6) is 0 Å². The van der Waals surface area contributed by atoms with E-state index >= 15 is 0 Å². The molecule has 0 fully saturated rings. The third-order valence-electron chi connectivity index (χ3n) is 3.17. The molecule has 1 aromatic heterocycles. The Morgan fingerprint density at radius 3 is 2.82 bits per heavy atom. The molecule has 0 saturated heterocycles. The van der Waals surface area contributed by atoms with Crippen LogP contribution in [-0.4, -0.2) is 28.8 Å². The molecule has 0 bridgehead atoms. The SMILES string of the molecule is CCNC(=NCc1cnn(C)c1)NCCc1ccccc1Cl. The maximum absolute atomic E-state index is 6.16. The summed E-state index contributed by atoms with van der Waals surface area (Å²) < 4.78 is 1.78. The molecule has 2 N–H and O–H groups in total. The number of hydrogen-bond acceptors (Lipinski definition) is 2. The number of hydrogen-bond donors (Lipinski definition) is 2. The van der Waals surface area contributed by atoms with Crippen LogP contribution < -0.4 is 10.6 Å². The molecular weight excluding hydrogens is 298 g/mol. The van der Waals surface area contributed by atoms with Crippen LogP contribution in [0.2, 0.25) is 5.02 Å². The largest absolute Gasteiger partial charge is 0.357 e. The van der Waals surface area contributed by atoms with Gasteiger partial charge >= 0.3 is 0 Å². The van der Waals surface area contributed by atoms with Crippen LogP contribution in [0, 0.1) is 0 Å². The second-order valence-corrected chi connectivity index (χ2v) is 5.39. The molecule has 6 heteroatoms. The summed E-state index contributed by atoms with van der Waals surface area (Å²) in [5.74, 6) is 0.804. The smallest absolute Gasteiger partial charge is 0.191 e. The Kier molecular flexibility index (Phi) is 6.27. The normalized spacial score (nSPS) is 11.5. The van der Waals surface area contributed by atoms with E-state index < -0.39 is 0 Å². The Hall–Kier alpha value is -2.01. The topological polar surface area (TPSA) is 54.2 Å². The van der Waals surface area contributed by atoms with Crippen molar-refractivity contribution in [2.24, 2.45) is 12.0 Å². The number of benzene rings is 1. The van der Waals surface area contributed by atoms with E-state index in [0.29, 0.717) is 6.54 Å². The van der Waals surface area contributed by atoms with Gasteiger partial charge in [-0.1, -0.05) is 29.8 Å². The van der Waals surface area contributed by atoms with E-state index in [0.717, 1.165) is 41.6 Å². The van der Waals surface area contributed by atoms with Crippen LogP contribution in [0.1, 0.15) is 18.1 Å². The van der Waals surface area contributed by atoms with Gasteiger partial charge in [0.25, 0.3) is 0 Å². The zero-order valence-electron chi connectivity index (χ0n) is 13.0. The van der Waals surface area contributed by atoms with Crippen molar-refractivity contribution in [3.8, 4) is 0 Å². The molecule has 1 aromatic carbocycles. The fourth-order valence-electron chi connectivity index (χ4n) is 2.08. The van der Waals surface area contributed by atoms with Gasteiger partial charge in [-0.3, -0.25) is 4.68 Å². The Balaban J connectivity index is 1.87. The first-order valence-corrected chi connectivity index (χ1v) is 7.80. The lowest BCUT2D eigenvalue weighted by Crippen LogP contribution is -2.38. The number of nitrogens with zero attached hydrogens (tertiary/aromatic N) is 3. The average Bonchev–Trinajstić information content (AvgIpc) is 2.92. The molecule has 0 spiro atoms. The highest BCUT2D eigenvalue weighted by molar-refractivity contribution is 6.31. The van der Waals surface area contributed by atoms with Gasteiger partial charge in [0.15, 0.2) is 5.96 Å². The lowest BCUT2D eigenvalue weighted by molar-refractivity contribution is 0.766. The summed E-state index contributed by atoms with van der Waals surface area (Å²) >= 11 is 6.16. The van der Waals surface area contributed by atoms with Gasteiger partial charge in [0.2, 0.25) is 0 Å². The molecule has 0 aliphatic heterocycles. The van der Waals surface area contributed by atoms with Crippen molar-refractivity contribution in [1.82, 2.24) is 20.4 Å². The summed E-state index contributed by atoms with van der Waals surface area (Å²) in [5, 5.41) is 11.5. The van der Waals surface area contributed by atoms with Gasteiger partial charge < -0.3 is 10.6 Å². The molecule has 2 rings (SSSR count). The minimum Gasteiger partial charge on any atom is -0.357 e. The van der Waals surface area contributed by atoms with Gasteiger partial charge in [-0.25, -0.2) is 4.99 Å². The summed E-state index contributed by atoms with van der Waals surface area (Å²) in [6, 6.07) is 7.91. The van der Waals surface area contributed by atoms with Crippen LogP contribution in [0.25, 0.3) is 0 Å². The number of aliphatic imine (C=N–C) groups is 1. The van der Waals surface area contributed by atoms with Crippen molar-refractivity contribution in [1.29, 1.82) is 0 Å². The average molecular weight is 320 g/mol. The van der Waals surface area contributed by atoms with Crippen LogP contribution in [0.3, 0.4) is 0 Å². The summed E-state index contributed by atoms with van der Waals surface area (Å²) in [5.41, 5.74) is 2.23. The summed E-state index contributed by atoms with van der Waals surface area (Å²) in [4.78, 5) is 4.56. The molecule has 2 aromatic rings. The third kappa shape index (κ3) is 5.07. The van der Waals surface area contributed by atoms with Crippen LogP contribution in [0.4, 0.5) is 0 Å². The van der Waals surface area contributed by atoms with Crippen LogP contribution in [0.15, 0.2) is 41.7 Å². The third-order valence-corrected chi connectivity index (χ3v) is 3.54. The van der Waals surface area contributed by atoms with Crippen LogP contribution >= 0.6 is 11.6 Å². The fourth-order valence-corrected chi connectivity index (χ4v) is 2.31. The Bertz CT molecular complexity index is 621. The predicted molar refractivity (Wildman–Crippen MR) is 91.2 cm³/mol. The molecule has 118 valence electrons. The number of halogens is 1. The first kappa shape index (κ1) is 16.4. The van der Waals surface area contributed by atoms with Gasteiger partial charge in [-0.2, -0.15) is 5.10 Å². The predicted octanol–water partition coefficient (Wildman–Crippen LogP) is 2.37. The lowest BCUT2D eigenvalue weighted by Gasteiger charge is -2.11. The van der Waals surface area contributed by atoms with Crippen molar-refractivity contribution in [2.75, 3.05) is 13.1 Å². The zero-order valence-corrected chi connectivity index (χ0v) is 13.8. The molecule has 5 nitrogen and oxygen atoms in total. The highest BCUT2D eigenvalue weighted by atomic mass is 35.5. The molecule has 1 heterocycles. The Morgan fingerprint density at radius 2 is 2.14 bits per heavy atom. The number of rotatable bonds is 6. The summed E-state index contributed by atoms with van der Waals surface area (Å²) in [6.45, 7) is 4.26. The number of guanidine groups is 1. The minimum atomic E-state index is 0.606. The summed E-state index contributed by atoms with van der Waals surface area (Å²) in [7, 11) is 1.90. The monoisotopic (exact) mass is 319 g/mol. The van der Waals surface area contributed by atoms with E-state index in [1.165, 1.54) is 0 Å². The second-order valence-electron chi connectivity index (χ2n) is 4.99. The fraction of sp³-hybridized carbons (Fsp3) is 0.375. The first-order chi connectivity index (χ1) is 10.7. The molecule has 0 saturated carbocycles. The maximum atomic E-state index is 6.16. The molecule has 0 unspecified atom stereocenters. The number of aryl methyl sites for hydroxylation is 1. The van der Waals surface area contributed by atoms with Gasteiger partial charge in [-0.05, 0) is 25.0 Å². The van der Waals surface area contributed by atoms with E-state index in [2.05, 4.69) is 27.6 Å². The minimum absolute atomic E-state index is 0.606. The zero-order chi connectivity index (χ0) is 15.8. The molecule has 0 aliphatic carbocycles. The number of nitrogens with one attached hydrogen (secondary N) is 2. The molecule has 0 radical (unpaired) electrons. The van der Waals surface area contributed by atoms with E-state index in [1.807, 2.05) is 43.7 Å². The van der Waals surface area contributed by atoms with Crippen molar-refractivity contribution in [3.05, 3.63) is 52.8 Å². The van der Waals surface area contributed by atoms with Crippen molar-refractivity contribution in [3.63, 3.8) is 0 Å². The molecule has 0 amide bonds. The van der Waals surface area contributed by atoms with Gasteiger partial charge in [0, 0.05) is 36.9 Å². The van der Waals surface area contributed by atoms with Crippen molar-refractivity contribution >= 4 is 17.6 Å². The van der Waals surface area contributed by atoms with Gasteiger partial charge in [0.1, 0.15) is 0 Å². The Morgan fingerprint density at radius 1 is 1.32 bits per heavy atom. The van der Waals surface area contributed by atoms with Crippen molar-refractivity contribution in [2.45, 2.75) is 19.9 Å². The molecule has 0 atom stereocenters. The maximum Gasteiger partial charge on any atom is 0.191 e. The quantitative estimate of drug-likeness (QED) is 0.635. The standard InChI is InChI=1S/C16H22ClN5/c1-3-18-16(20-10-13-11-21-22(2)12-13)19-9-8-14-6-4-5-7-15(14)17/h4-7,11-12H,3,8-10H2,1-2H3,(H2,18,19,20). The van der Waals surface area contributed by atoms with Crippen LogP contribution in [-0.2, 0) is 20.0 Å². The van der Waals surface area contributed by atoms with Gasteiger partial charge in [-0.15, -0.1) is 0 Å².